The van der Waals surface area contributed by atoms with Crippen LogP contribution < -0.4 is 0 Å². The third-order valence-electron chi connectivity index (χ3n) is 2.86. The maximum Gasteiger partial charge on any atom is 0.175 e. The summed E-state index contributed by atoms with van der Waals surface area (Å²) in [7, 11) is -1.38. The van der Waals surface area contributed by atoms with Crippen molar-refractivity contribution in [3.05, 3.63) is 47.8 Å². The quantitative estimate of drug-likeness (QED) is 0.910. The second-order valence-corrected chi connectivity index (χ2v) is 6.56. The standard InChI is InChI=1S/C13H16N2O3S/c1-15-8-7-11(14-15)9-13(16)10-3-5-12(6-4-10)19(2,17)18/h3-8,13,16H,9H2,1-2H3. The molecule has 0 aliphatic carbocycles. The summed E-state index contributed by atoms with van der Waals surface area (Å²) >= 11 is 0. The number of sulfone groups is 1. The Morgan fingerprint density at radius 2 is 1.89 bits per heavy atom. The number of aliphatic hydroxyl groups is 1. The average molecular weight is 280 g/mol. The van der Waals surface area contributed by atoms with E-state index in [1.54, 1.807) is 16.8 Å². The summed E-state index contributed by atoms with van der Waals surface area (Å²) in [6.07, 6.45) is 2.68. The zero-order valence-electron chi connectivity index (χ0n) is 10.8. The van der Waals surface area contributed by atoms with E-state index >= 15 is 0 Å². The first-order chi connectivity index (χ1) is 8.86. The predicted octanol–water partition coefficient (Wildman–Crippen LogP) is 1.10. The number of aryl methyl sites for hydroxylation is 1. The summed E-state index contributed by atoms with van der Waals surface area (Å²) < 4.78 is 24.3. The van der Waals surface area contributed by atoms with Crippen LogP contribution >= 0.6 is 0 Å². The van der Waals surface area contributed by atoms with E-state index in [2.05, 4.69) is 5.10 Å². The van der Waals surface area contributed by atoms with E-state index in [0.29, 0.717) is 12.0 Å². The fraction of sp³-hybridized carbons (Fsp3) is 0.308. The van der Waals surface area contributed by atoms with E-state index < -0.39 is 15.9 Å². The van der Waals surface area contributed by atoms with Gasteiger partial charge in [0.1, 0.15) is 0 Å². The van der Waals surface area contributed by atoms with Crippen molar-refractivity contribution in [1.29, 1.82) is 0 Å². The molecule has 6 heteroatoms. The van der Waals surface area contributed by atoms with Crippen molar-refractivity contribution in [3.8, 4) is 0 Å². The molecular formula is C13H16N2O3S. The second kappa shape index (κ2) is 5.14. The van der Waals surface area contributed by atoms with E-state index in [-0.39, 0.29) is 4.90 Å². The van der Waals surface area contributed by atoms with Crippen LogP contribution in [-0.4, -0.2) is 29.6 Å². The van der Waals surface area contributed by atoms with Gasteiger partial charge in [-0.2, -0.15) is 5.10 Å². The highest BCUT2D eigenvalue weighted by Crippen LogP contribution is 2.19. The SMILES string of the molecule is Cn1ccc(CC(O)c2ccc(S(C)(=O)=O)cc2)n1. The molecule has 2 rings (SSSR count). The Labute approximate surface area is 112 Å². The predicted molar refractivity (Wildman–Crippen MR) is 71.4 cm³/mol. The topological polar surface area (TPSA) is 72.2 Å². The molecule has 0 fully saturated rings. The van der Waals surface area contributed by atoms with Crippen LogP contribution in [0.2, 0.25) is 0 Å². The van der Waals surface area contributed by atoms with Crippen molar-refractivity contribution in [2.24, 2.45) is 7.05 Å². The Balaban J connectivity index is 2.14. The van der Waals surface area contributed by atoms with E-state index in [9.17, 15) is 13.5 Å². The number of hydrogen-bond acceptors (Lipinski definition) is 4. The van der Waals surface area contributed by atoms with Crippen molar-refractivity contribution in [2.75, 3.05) is 6.26 Å². The fourth-order valence-corrected chi connectivity index (χ4v) is 2.46. The van der Waals surface area contributed by atoms with E-state index in [0.717, 1.165) is 11.9 Å². The Morgan fingerprint density at radius 1 is 1.26 bits per heavy atom. The van der Waals surface area contributed by atoms with Crippen LogP contribution in [0.5, 0.6) is 0 Å². The average Bonchev–Trinajstić information content (AvgIpc) is 2.74. The lowest BCUT2D eigenvalue weighted by molar-refractivity contribution is 0.177. The van der Waals surface area contributed by atoms with Gasteiger partial charge in [-0.25, -0.2) is 8.42 Å². The van der Waals surface area contributed by atoms with Gasteiger partial charge < -0.3 is 5.11 Å². The normalized spacial score (nSPS) is 13.4. The lowest BCUT2D eigenvalue weighted by Gasteiger charge is -2.10. The summed E-state index contributed by atoms with van der Waals surface area (Å²) in [5, 5.41) is 14.3. The Bertz CT molecular complexity index is 659. The molecule has 1 atom stereocenters. The molecule has 1 heterocycles. The number of nitrogens with zero attached hydrogens (tertiary/aromatic N) is 2. The maximum absolute atomic E-state index is 11.3. The first kappa shape index (κ1) is 13.8. The van der Waals surface area contributed by atoms with Crippen LogP contribution in [0.1, 0.15) is 17.4 Å². The first-order valence-corrected chi connectivity index (χ1v) is 7.72. The third kappa shape index (κ3) is 3.42. The summed E-state index contributed by atoms with van der Waals surface area (Å²) in [4.78, 5) is 0.251. The molecule has 0 bridgehead atoms. The molecule has 1 unspecified atom stereocenters. The first-order valence-electron chi connectivity index (χ1n) is 5.83. The van der Waals surface area contributed by atoms with Gasteiger partial charge in [-0.1, -0.05) is 12.1 Å². The zero-order valence-corrected chi connectivity index (χ0v) is 11.6. The molecule has 2 aromatic rings. The largest absolute Gasteiger partial charge is 0.388 e. The maximum atomic E-state index is 11.3. The van der Waals surface area contributed by atoms with E-state index in [1.807, 2.05) is 19.3 Å². The van der Waals surface area contributed by atoms with Gasteiger partial charge in [0.05, 0.1) is 16.7 Å². The Kier molecular flexibility index (Phi) is 3.73. The van der Waals surface area contributed by atoms with Crippen molar-refractivity contribution in [1.82, 2.24) is 9.78 Å². The lowest BCUT2D eigenvalue weighted by atomic mass is 10.1. The van der Waals surface area contributed by atoms with Crippen molar-refractivity contribution in [2.45, 2.75) is 17.4 Å². The minimum Gasteiger partial charge on any atom is -0.388 e. The minimum atomic E-state index is -3.20. The van der Waals surface area contributed by atoms with Crippen LogP contribution in [0.3, 0.4) is 0 Å². The van der Waals surface area contributed by atoms with Gasteiger partial charge in [0, 0.05) is 25.9 Å². The Hall–Kier alpha value is -1.66. The highest BCUT2D eigenvalue weighted by molar-refractivity contribution is 7.90. The fourth-order valence-electron chi connectivity index (χ4n) is 1.83. The molecule has 0 amide bonds. The highest BCUT2D eigenvalue weighted by atomic mass is 32.2. The molecular weight excluding hydrogens is 264 g/mol. The third-order valence-corrected chi connectivity index (χ3v) is 3.99. The molecule has 1 N–H and O–H groups in total. The molecule has 1 aromatic carbocycles. The van der Waals surface area contributed by atoms with Crippen molar-refractivity contribution in [3.63, 3.8) is 0 Å². The highest BCUT2D eigenvalue weighted by Gasteiger charge is 2.12. The van der Waals surface area contributed by atoms with E-state index in [1.165, 1.54) is 12.1 Å². The molecule has 0 saturated heterocycles. The van der Waals surface area contributed by atoms with Gasteiger partial charge in [0.2, 0.25) is 0 Å². The van der Waals surface area contributed by atoms with Crippen molar-refractivity contribution >= 4 is 9.84 Å². The zero-order chi connectivity index (χ0) is 14.0. The molecule has 0 aliphatic rings. The van der Waals surface area contributed by atoms with Crippen LogP contribution in [0.15, 0.2) is 41.4 Å². The molecule has 1 aromatic heterocycles. The molecule has 5 nitrogen and oxygen atoms in total. The van der Waals surface area contributed by atoms with Gasteiger partial charge in [-0.05, 0) is 23.8 Å². The molecule has 0 radical (unpaired) electrons. The lowest BCUT2D eigenvalue weighted by Crippen LogP contribution is -2.04. The summed E-state index contributed by atoms with van der Waals surface area (Å²) in [6, 6.07) is 8.11. The van der Waals surface area contributed by atoms with Gasteiger partial charge >= 0.3 is 0 Å². The second-order valence-electron chi connectivity index (χ2n) is 4.54. The number of aliphatic hydroxyl groups excluding tert-OH is 1. The molecule has 0 saturated carbocycles. The van der Waals surface area contributed by atoms with E-state index in [4.69, 9.17) is 0 Å². The molecule has 102 valence electrons. The smallest absolute Gasteiger partial charge is 0.175 e. The van der Waals surface area contributed by atoms with Gasteiger partial charge in [0.25, 0.3) is 0 Å². The van der Waals surface area contributed by atoms with Gasteiger partial charge in [0.15, 0.2) is 9.84 Å². The monoisotopic (exact) mass is 280 g/mol. The van der Waals surface area contributed by atoms with Gasteiger partial charge in [-0.15, -0.1) is 0 Å². The number of benzene rings is 1. The van der Waals surface area contributed by atoms with Crippen LogP contribution in [0, 0.1) is 0 Å². The summed E-state index contributed by atoms with van der Waals surface area (Å²) in [5.41, 5.74) is 1.47. The Morgan fingerprint density at radius 3 is 2.37 bits per heavy atom. The van der Waals surface area contributed by atoms with Crippen LogP contribution in [-0.2, 0) is 23.3 Å². The molecule has 19 heavy (non-hydrogen) atoms. The minimum absolute atomic E-state index is 0.251. The number of aromatic nitrogens is 2. The van der Waals surface area contributed by atoms with Crippen LogP contribution in [0.4, 0.5) is 0 Å². The molecule has 0 spiro atoms. The van der Waals surface area contributed by atoms with Gasteiger partial charge in [-0.3, -0.25) is 4.68 Å². The summed E-state index contributed by atoms with van der Waals surface area (Å²) in [5.74, 6) is 0. The summed E-state index contributed by atoms with van der Waals surface area (Å²) in [6.45, 7) is 0. The van der Waals surface area contributed by atoms with Crippen molar-refractivity contribution < 1.29 is 13.5 Å². The van der Waals surface area contributed by atoms with Crippen LogP contribution in [0.25, 0.3) is 0 Å². The molecule has 0 aliphatic heterocycles. The number of rotatable bonds is 4. The number of hydrogen-bond donors (Lipinski definition) is 1.